The summed E-state index contributed by atoms with van der Waals surface area (Å²) >= 11 is 0. The zero-order chi connectivity index (χ0) is 21.1. The average molecular weight is 414 g/mol. The first-order valence-corrected chi connectivity index (χ1v) is 11.2. The lowest BCUT2D eigenvalue weighted by molar-refractivity contribution is 0.562. The largest absolute Gasteiger partial charge is 0.317 e. The molecule has 160 valence electrons. The SMILES string of the molecule is c1ccc2nc(CNCCCNCCCNCc3ccc4ccccc4n3)ccc2c1. The number of fused-ring (bicyclic) bond motifs is 2. The van der Waals surface area contributed by atoms with Crippen molar-refractivity contribution in [1.82, 2.24) is 25.9 Å². The maximum absolute atomic E-state index is 4.70. The number of nitrogens with zero attached hydrogens (tertiary/aromatic N) is 2. The zero-order valence-electron chi connectivity index (χ0n) is 18.0. The highest BCUT2D eigenvalue weighted by molar-refractivity contribution is 5.79. The molecule has 5 heteroatoms. The van der Waals surface area contributed by atoms with Crippen molar-refractivity contribution < 1.29 is 0 Å². The van der Waals surface area contributed by atoms with Crippen LogP contribution in [0.5, 0.6) is 0 Å². The number of hydrogen-bond donors (Lipinski definition) is 3. The molecule has 0 aliphatic heterocycles. The predicted octanol–water partition coefficient (Wildman–Crippen LogP) is 4.03. The Morgan fingerprint density at radius 3 is 1.45 bits per heavy atom. The fourth-order valence-electron chi connectivity index (χ4n) is 3.65. The third-order valence-corrected chi connectivity index (χ3v) is 5.34. The van der Waals surface area contributed by atoms with Gasteiger partial charge in [-0.25, -0.2) is 0 Å². The molecule has 2 aromatic heterocycles. The monoisotopic (exact) mass is 413 g/mol. The molecule has 3 N–H and O–H groups in total. The first-order valence-electron chi connectivity index (χ1n) is 11.2. The molecule has 0 radical (unpaired) electrons. The fraction of sp³-hybridized carbons (Fsp3) is 0.308. The molecular weight excluding hydrogens is 382 g/mol. The molecule has 0 fully saturated rings. The molecule has 0 spiro atoms. The van der Waals surface area contributed by atoms with E-state index in [1.165, 1.54) is 10.8 Å². The summed E-state index contributed by atoms with van der Waals surface area (Å²) in [7, 11) is 0. The highest BCUT2D eigenvalue weighted by atomic mass is 14.9. The molecule has 2 heterocycles. The summed E-state index contributed by atoms with van der Waals surface area (Å²) in [4.78, 5) is 9.40. The molecule has 0 aliphatic rings. The van der Waals surface area contributed by atoms with Gasteiger partial charge < -0.3 is 16.0 Å². The molecule has 0 saturated carbocycles. The maximum Gasteiger partial charge on any atom is 0.0705 e. The second-order valence-electron chi connectivity index (χ2n) is 7.80. The Morgan fingerprint density at radius 1 is 0.484 bits per heavy atom. The molecule has 4 rings (SSSR count). The minimum atomic E-state index is 0.817. The lowest BCUT2D eigenvalue weighted by Gasteiger charge is -2.08. The number of aromatic nitrogens is 2. The van der Waals surface area contributed by atoms with Crippen molar-refractivity contribution in [2.24, 2.45) is 0 Å². The van der Waals surface area contributed by atoms with Gasteiger partial charge in [-0.15, -0.1) is 0 Å². The van der Waals surface area contributed by atoms with E-state index in [0.29, 0.717) is 0 Å². The molecule has 0 amide bonds. The van der Waals surface area contributed by atoms with E-state index in [4.69, 9.17) is 9.97 Å². The van der Waals surface area contributed by atoms with Crippen molar-refractivity contribution in [3.05, 3.63) is 84.2 Å². The summed E-state index contributed by atoms with van der Waals surface area (Å²) in [6, 6.07) is 25.0. The van der Waals surface area contributed by atoms with Crippen LogP contribution in [0.15, 0.2) is 72.8 Å². The quantitative estimate of drug-likeness (QED) is 0.306. The second kappa shape index (κ2) is 11.5. The van der Waals surface area contributed by atoms with Crippen molar-refractivity contribution in [2.75, 3.05) is 26.2 Å². The zero-order valence-corrected chi connectivity index (χ0v) is 18.0. The fourth-order valence-corrected chi connectivity index (χ4v) is 3.65. The van der Waals surface area contributed by atoms with Gasteiger partial charge in [-0.05, 0) is 63.3 Å². The lowest BCUT2D eigenvalue weighted by atomic mass is 10.2. The van der Waals surface area contributed by atoms with E-state index in [9.17, 15) is 0 Å². The predicted molar refractivity (Wildman–Crippen MR) is 129 cm³/mol. The van der Waals surface area contributed by atoms with Gasteiger partial charge in [0.2, 0.25) is 0 Å². The molecule has 0 aliphatic carbocycles. The topological polar surface area (TPSA) is 61.9 Å². The van der Waals surface area contributed by atoms with E-state index >= 15 is 0 Å². The number of pyridine rings is 2. The highest BCUT2D eigenvalue weighted by Gasteiger charge is 1.99. The van der Waals surface area contributed by atoms with Gasteiger partial charge in [-0.3, -0.25) is 9.97 Å². The molecule has 0 atom stereocenters. The smallest absolute Gasteiger partial charge is 0.0705 e. The van der Waals surface area contributed by atoms with Crippen molar-refractivity contribution in [3.63, 3.8) is 0 Å². The van der Waals surface area contributed by atoms with E-state index in [0.717, 1.165) is 74.5 Å². The highest BCUT2D eigenvalue weighted by Crippen LogP contribution is 2.12. The van der Waals surface area contributed by atoms with Gasteiger partial charge in [-0.2, -0.15) is 0 Å². The molecule has 0 bridgehead atoms. The maximum atomic E-state index is 4.70. The van der Waals surface area contributed by atoms with Gasteiger partial charge in [-0.1, -0.05) is 48.5 Å². The van der Waals surface area contributed by atoms with E-state index in [1.807, 2.05) is 24.3 Å². The van der Waals surface area contributed by atoms with Crippen molar-refractivity contribution in [1.29, 1.82) is 0 Å². The summed E-state index contributed by atoms with van der Waals surface area (Å²) in [5.74, 6) is 0. The van der Waals surface area contributed by atoms with Crippen molar-refractivity contribution in [3.8, 4) is 0 Å². The summed E-state index contributed by atoms with van der Waals surface area (Å²) in [6.07, 6.45) is 2.23. The summed E-state index contributed by atoms with van der Waals surface area (Å²) < 4.78 is 0. The second-order valence-corrected chi connectivity index (χ2v) is 7.80. The van der Waals surface area contributed by atoms with E-state index in [2.05, 4.69) is 64.5 Å². The van der Waals surface area contributed by atoms with Crippen LogP contribution in [0.3, 0.4) is 0 Å². The van der Waals surface area contributed by atoms with Gasteiger partial charge in [0.15, 0.2) is 0 Å². The number of benzene rings is 2. The van der Waals surface area contributed by atoms with E-state index in [1.54, 1.807) is 0 Å². The van der Waals surface area contributed by atoms with Crippen LogP contribution in [0.1, 0.15) is 24.2 Å². The van der Waals surface area contributed by atoms with Crippen LogP contribution in [0.25, 0.3) is 21.8 Å². The minimum absolute atomic E-state index is 0.817. The number of rotatable bonds is 12. The molecule has 0 saturated heterocycles. The number of hydrogen-bond acceptors (Lipinski definition) is 5. The van der Waals surface area contributed by atoms with Gasteiger partial charge in [0, 0.05) is 23.9 Å². The van der Waals surface area contributed by atoms with E-state index < -0.39 is 0 Å². The van der Waals surface area contributed by atoms with Crippen LogP contribution in [0.2, 0.25) is 0 Å². The Balaban J connectivity index is 1.02. The van der Waals surface area contributed by atoms with Crippen molar-refractivity contribution in [2.45, 2.75) is 25.9 Å². The Hall–Kier alpha value is -2.86. The van der Waals surface area contributed by atoms with Gasteiger partial charge in [0.25, 0.3) is 0 Å². The Morgan fingerprint density at radius 2 is 0.935 bits per heavy atom. The molecule has 0 unspecified atom stereocenters. The molecule has 4 aromatic rings. The molecular formula is C26H31N5. The number of para-hydroxylation sites is 2. The first kappa shape index (κ1) is 21.4. The molecule has 2 aromatic carbocycles. The average Bonchev–Trinajstić information content (AvgIpc) is 2.82. The van der Waals surface area contributed by atoms with Crippen LogP contribution < -0.4 is 16.0 Å². The Bertz CT molecular complexity index is 1010. The van der Waals surface area contributed by atoms with Crippen LogP contribution in [-0.4, -0.2) is 36.1 Å². The Kier molecular flexibility index (Phi) is 7.94. The van der Waals surface area contributed by atoms with Crippen LogP contribution in [-0.2, 0) is 13.1 Å². The van der Waals surface area contributed by atoms with Gasteiger partial charge >= 0.3 is 0 Å². The summed E-state index contributed by atoms with van der Waals surface area (Å²) in [6.45, 7) is 5.69. The lowest BCUT2D eigenvalue weighted by Crippen LogP contribution is -2.25. The standard InChI is InChI=1S/C26H31N5/c1-3-9-25-21(7-1)11-13-23(30-25)19-28-17-5-15-27-16-6-18-29-20-24-14-12-22-8-2-4-10-26(22)31-24/h1-4,7-14,27-29H,5-6,15-20H2. The van der Waals surface area contributed by atoms with Gasteiger partial charge in [0.05, 0.1) is 22.4 Å². The van der Waals surface area contributed by atoms with Crippen molar-refractivity contribution >= 4 is 21.8 Å². The van der Waals surface area contributed by atoms with Crippen LogP contribution >= 0.6 is 0 Å². The van der Waals surface area contributed by atoms with Crippen LogP contribution in [0, 0.1) is 0 Å². The first-order chi connectivity index (χ1) is 15.4. The molecule has 31 heavy (non-hydrogen) atoms. The minimum Gasteiger partial charge on any atom is -0.317 e. The molecule has 5 nitrogen and oxygen atoms in total. The third-order valence-electron chi connectivity index (χ3n) is 5.34. The normalized spacial score (nSPS) is 11.4. The Labute approximate surface area is 184 Å². The van der Waals surface area contributed by atoms with Crippen LogP contribution in [0.4, 0.5) is 0 Å². The summed E-state index contributed by atoms with van der Waals surface area (Å²) in [5.41, 5.74) is 4.32. The van der Waals surface area contributed by atoms with E-state index in [-0.39, 0.29) is 0 Å². The van der Waals surface area contributed by atoms with Gasteiger partial charge in [0.1, 0.15) is 0 Å². The summed E-state index contributed by atoms with van der Waals surface area (Å²) in [5, 5.41) is 12.9. The number of nitrogens with one attached hydrogen (secondary N) is 3. The third kappa shape index (κ3) is 6.56.